The van der Waals surface area contributed by atoms with E-state index in [1.165, 1.54) is 100 Å². The first kappa shape index (κ1) is 71.0. The van der Waals surface area contributed by atoms with Crippen LogP contribution in [0.5, 0.6) is 0 Å². The van der Waals surface area contributed by atoms with Crippen molar-refractivity contribution in [2.75, 3.05) is 9.80 Å². The summed E-state index contributed by atoms with van der Waals surface area (Å²) in [6.45, 7) is 0. The van der Waals surface area contributed by atoms with Crippen LogP contribution in [0.15, 0.2) is 482 Å². The molecule has 0 N–H and O–H groups in total. The van der Waals surface area contributed by atoms with Crippen LogP contribution in [0.4, 0.5) is 34.1 Å². The maximum absolute atomic E-state index is 6.72. The SMILES string of the molecule is c1ccc(-c2ccc(N(c3cccc(-c4ccccc4)c3)c3cccc(-c4ccc5c(c4)oc4ccc(C6(c7ccccc7)c7ccccc7-c7ccccc76)cc45)c3)cc2)cc1.c1ccc(-c2ccc(N(c3ccccc3)c3cccc(-c4ccc5oc6cc(C7(c8ccccc8)c8ccccc8-c8ccccc87)ccc6c5c4)c3)cc2)cc1. The Balaban J connectivity index is 0.000000145. The molecule has 120 heavy (non-hydrogen) atoms. The Hall–Kier alpha value is -15.6. The van der Waals surface area contributed by atoms with Crippen LogP contribution in [0.25, 0.3) is 122 Å². The van der Waals surface area contributed by atoms with E-state index in [2.05, 4.69) is 483 Å². The summed E-state index contributed by atoms with van der Waals surface area (Å²) >= 11 is 0. The number of anilines is 6. The first-order valence-corrected chi connectivity index (χ1v) is 41.2. The summed E-state index contributed by atoms with van der Waals surface area (Å²) in [5, 5.41) is 4.44. The first-order valence-electron chi connectivity index (χ1n) is 41.2. The van der Waals surface area contributed by atoms with Crippen LogP contribution in [0.1, 0.15) is 44.5 Å². The third-order valence-corrected chi connectivity index (χ3v) is 24.7. The molecule has 4 heteroatoms. The van der Waals surface area contributed by atoms with Gasteiger partial charge in [-0.1, -0.05) is 358 Å². The van der Waals surface area contributed by atoms with Gasteiger partial charge in [-0.15, -0.1) is 0 Å². The van der Waals surface area contributed by atoms with Crippen molar-refractivity contribution in [2.24, 2.45) is 0 Å². The molecular weight excluding hydrogens is 1450 g/mol. The molecule has 0 spiro atoms. The summed E-state index contributed by atoms with van der Waals surface area (Å²) < 4.78 is 13.4. The summed E-state index contributed by atoms with van der Waals surface area (Å²) in [5.41, 5.74) is 36.0. The maximum atomic E-state index is 6.72. The van der Waals surface area contributed by atoms with Gasteiger partial charge in [-0.25, -0.2) is 0 Å². The molecule has 0 radical (unpaired) electrons. The highest BCUT2D eigenvalue weighted by molar-refractivity contribution is 6.08. The average molecular weight is 1530 g/mol. The van der Waals surface area contributed by atoms with Gasteiger partial charge in [0.25, 0.3) is 0 Å². The zero-order valence-electron chi connectivity index (χ0n) is 65.7. The molecule has 0 saturated heterocycles. The molecule has 0 unspecified atom stereocenters. The monoisotopic (exact) mass is 1530 g/mol. The van der Waals surface area contributed by atoms with E-state index in [1.54, 1.807) is 0 Å². The van der Waals surface area contributed by atoms with E-state index in [-0.39, 0.29) is 0 Å². The van der Waals surface area contributed by atoms with E-state index in [4.69, 9.17) is 8.83 Å². The maximum Gasteiger partial charge on any atom is 0.136 e. The average Bonchev–Trinajstić information content (AvgIpc) is 1.54. The van der Waals surface area contributed by atoms with Crippen molar-refractivity contribution in [3.05, 3.63) is 518 Å². The molecule has 23 rings (SSSR count). The Bertz CT molecular complexity index is 7290. The number of furan rings is 2. The molecule has 564 valence electrons. The number of rotatable bonds is 15. The lowest BCUT2D eigenvalue weighted by molar-refractivity contribution is 0.665. The summed E-state index contributed by atoms with van der Waals surface area (Å²) in [5.74, 6) is 0. The van der Waals surface area contributed by atoms with E-state index in [1.807, 2.05) is 0 Å². The molecule has 0 aliphatic heterocycles. The lowest BCUT2D eigenvalue weighted by atomic mass is 9.67. The minimum atomic E-state index is -0.473. The van der Waals surface area contributed by atoms with E-state index < -0.39 is 10.8 Å². The van der Waals surface area contributed by atoms with Gasteiger partial charge in [-0.2, -0.15) is 0 Å². The molecule has 19 aromatic carbocycles. The molecule has 2 aliphatic rings. The fraction of sp³-hybridized carbons (Fsp3) is 0.0172. The number of hydrogen-bond acceptors (Lipinski definition) is 4. The van der Waals surface area contributed by atoms with Crippen molar-refractivity contribution in [3.63, 3.8) is 0 Å². The largest absolute Gasteiger partial charge is 0.456 e. The Morgan fingerprint density at radius 3 is 0.875 bits per heavy atom. The highest BCUT2D eigenvalue weighted by Crippen LogP contribution is 2.59. The summed E-state index contributed by atoms with van der Waals surface area (Å²) in [4.78, 5) is 4.68. The predicted molar refractivity (Wildman–Crippen MR) is 499 cm³/mol. The standard InChI is InChI=1S/C61H41NO.C55H37NO/c1-4-16-42(17-5-1)44-30-34-50(35-31-44)62(51-24-14-20-45(38-51)43-18-6-2-7-19-43)52-25-15-21-46(39-52)47-32-36-55-56-41-49(33-37-59(56)63-60(55)40-47)61(48-22-8-3-9-23-48)57-28-12-10-26-53(57)54-27-11-13-29-58(54)61;1-4-15-38(16-5-1)39-27-31-45(32-28-39)56(44-20-8-3-9-21-44)46-22-14-17-40(35-46)41-29-34-53-50(36-41)49-33-30-43(37-54(49)57-53)55(42-18-6-2-7-19-42)51-25-12-10-23-47(51)48-24-11-13-26-52(48)55/h1-41H;1-37H. The van der Waals surface area contributed by atoms with E-state index in [0.717, 1.165) is 100 Å². The van der Waals surface area contributed by atoms with Gasteiger partial charge in [0, 0.05) is 55.7 Å². The number of fused-ring (bicyclic) bond motifs is 12. The highest BCUT2D eigenvalue weighted by atomic mass is 16.3. The summed E-state index contributed by atoms with van der Waals surface area (Å²) in [6.07, 6.45) is 0. The van der Waals surface area contributed by atoms with Crippen LogP contribution in [-0.4, -0.2) is 0 Å². The number of para-hydroxylation sites is 1. The van der Waals surface area contributed by atoms with Crippen molar-refractivity contribution in [2.45, 2.75) is 10.8 Å². The smallest absolute Gasteiger partial charge is 0.136 e. The van der Waals surface area contributed by atoms with Gasteiger partial charge in [-0.3, -0.25) is 0 Å². The van der Waals surface area contributed by atoms with Gasteiger partial charge < -0.3 is 18.6 Å². The first-order chi connectivity index (χ1) is 59.5. The fourth-order valence-corrected chi connectivity index (χ4v) is 19.2. The van der Waals surface area contributed by atoms with Crippen molar-refractivity contribution in [3.8, 4) is 77.9 Å². The molecule has 0 bridgehead atoms. The van der Waals surface area contributed by atoms with Gasteiger partial charge in [0.2, 0.25) is 0 Å². The second-order valence-electron chi connectivity index (χ2n) is 31.3. The minimum Gasteiger partial charge on any atom is -0.456 e. The molecular formula is C116H78N2O2. The molecule has 2 aliphatic carbocycles. The van der Waals surface area contributed by atoms with Crippen LogP contribution in [0.3, 0.4) is 0 Å². The lowest BCUT2D eigenvalue weighted by Crippen LogP contribution is -2.28. The predicted octanol–water partition coefficient (Wildman–Crippen LogP) is 31.2. The molecule has 21 aromatic rings. The summed E-state index contributed by atoms with van der Waals surface area (Å²) in [7, 11) is 0. The van der Waals surface area contributed by atoms with Gasteiger partial charge in [-0.05, 0) is 238 Å². The van der Waals surface area contributed by atoms with Crippen LogP contribution in [0, 0.1) is 0 Å². The van der Waals surface area contributed by atoms with E-state index >= 15 is 0 Å². The molecule has 0 atom stereocenters. The minimum absolute atomic E-state index is 0.471. The quantitative estimate of drug-likeness (QED) is 0.102. The van der Waals surface area contributed by atoms with Crippen molar-refractivity contribution in [1.29, 1.82) is 0 Å². The lowest BCUT2D eigenvalue weighted by Gasteiger charge is -2.33. The third kappa shape index (κ3) is 12.1. The molecule has 2 heterocycles. The zero-order valence-corrected chi connectivity index (χ0v) is 65.7. The van der Waals surface area contributed by atoms with E-state index in [9.17, 15) is 0 Å². The second kappa shape index (κ2) is 29.9. The van der Waals surface area contributed by atoms with Gasteiger partial charge in [0.1, 0.15) is 22.3 Å². The Labute approximate surface area is 698 Å². The zero-order chi connectivity index (χ0) is 79.5. The Morgan fingerprint density at radius 2 is 0.425 bits per heavy atom. The molecule has 0 fully saturated rings. The molecule has 4 nitrogen and oxygen atoms in total. The van der Waals surface area contributed by atoms with Crippen molar-refractivity contribution < 1.29 is 8.83 Å². The van der Waals surface area contributed by atoms with Crippen LogP contribution in [-0.2, 0) is 10.8 Å². The van der Waals surface area contributed by atoms with Gasteiger partial charge in [0.05, 0.1) is 10.8 Å². The summed E-state index contributed by atoms with van der Waals surface area (Å²) in [6, 6.07) is 171. The molecule has 0 amide bonds. The number of nitrogens with zero attached hydrogens (tertiary/aromatic N) is 2. The Morgan fingerprint density at radius 1 is 0.150 bits per heavy atom. The van der Waals surface area contributed by atoms with E-state index in [0.29, 0.717) is 0 Å². The van der Waals surface area contributed by atoms with Crippen molar-refractivity contribution >= 4 is 78.0 Å². The number of hydrogen-bond donors (Lipinski definition) is 0. The van der Waals surface area contributed by atoms with Gasteiger partial charge in [0.15, 0.2) is 0 Å². The highest BCUT2D eigenvalue weighted by Gasteiger charge is 2.48. The molecule has 2 aromatic heterocycles. The van der Waals surface area contributed by atoms with Gasteiger partial charge >= 0.3 is 0 Å². The van der Waals surface area contributed by atoms with Crippen molar-refractivity contribution in [1.82, 2.24) is 0 Å². The van der Waals surface area contributed by atoms with Crippen LogP contribution < -0.4 is 9.80 Å². The number of benzene rings is 19. The molecule has 0 saturated carbocycles. The Kier molecular flexibility index (Phi) is 17.7. The normalized spacial score (nSPS) is 12.6. The van der Waals surface area contributed by atoms with Crippen LogP contribution in [0.2, 0.25) is 0 Å². The van der Waals surface area contributed by atoms with Crippen LogP contribution >= 0.6 is 0 Å². The third-order valence-electron chi connectivity index (χ3n) is 24.7. The topological polar surface area (TPSA) is 32.8 Å². The fourth-order valence-electron chi connectivity index (χ4n) is 19.2. The second-order valence-corrected chi connectivity index (χ2v) is 31.3.